The van der Waals surface area contributed by atoms with Gasteiger partial charge in [-0.15, -0.1) is 0 Å². The summed E-state index contributed by atoms with van der Waals surface area (Å²) in [7, 11) is 0. The highest BCUT2D eigenvalue weighted by atomic mass is 19.1. The van der Waals surface area contributed by atoms with Crippen molar-refractivity contribution in [1.29, 1.82) is 0 Å². The molecule has 0 amide bonds. The van der Waals surface area contributed by atoms with Crippen LogP contribution in [0.25, 0.3) is 22.2 Å². The summed E-state index contributed by atoms with van der Waals surface area (Å²) in [6.07, 6.45) is 0. The van der Waals surface area contributed by atoms with Gasteiger partial charge in [0.15, 0.2) is 0 Å². The van der Waals surface area contributed by atoms with E-state index >= 15 is 0 Å². The van der Waals surface area contributed by atoms with Gasteiger partial charge in [-0.1, -0.05) is 0 Å². The van der Waals surface area contributed by atoms with E-state index in [0.717, 1.165) is 16.6 Å². The van der Waals surface area contributed by atoms with Crippen molar-refractivity contribution in [1.82, 2.24) is 4.98 Å². The van der Waals surface area contributed by atoms with Gasteiger partial charge in [-0.05, 0) is 54.1 Å². The Morgan fingerprint density at radius 3 is 2.47 bits per heavy atom. The molecule has 0 atom stereocenters. The molecule has 0 saturated carbocycles. The van der Waals surface area contributed by atoms with Gasteiger partial charge in [0.05, 0.1) is 5.52 Å². The van der Waals surface area contributed by atoms with Crippen molar-refractivity contribution in [2.75, 3.05) is 0 Å². The lowest BCUT2D eigenvalue weighted by Crippen LogP contribution is -1.79. The molecule has 0 fully saturated rings. The molecule has 0 aliphatic rings. The van der Waals surface area contributed by atoms with E-state index in [0.29, 0.717) is 5.52 Å². The lowest BCUT2D eigenvalue weighted by Gasteiger charge is -1.96. The monoisotopic (exact) mass is 228 g/mol. The zero-order chi connectivity index (χ0) is 11.8. The van der Waals surface area contributed by atoms with E-state index in [4.69, 9.17) is 0 Å². The van der Waals surface area contributed by atoms with Crippen molar-refractivity contribution in [2.24, 2.45) is 0 Å². The second-order valence-electron chi connectivity index (χ2n) is 3.82. The summed E-state index contributed by atoms with van der Waals surface area (Å²) in [5.74, 6) is -0.625. The average Bonchev–Trinajstić information content (AvgIpc) is 2.75. The summed E-state index contributed by atoms with van der Waals surface area (Å²) < 4.78 is 26.3. The molecule has 17 heavy (non-hydrogen) atoms. The number of fused-ring (bicyclic) bond motifs is 1. The molecule has 1 aromatic heterocycles. The molecule has 1 heterocycles. The van der Waals surface area contributed by atoms with E-state index in [1.807, 2.05) is 6.07 Å². The standard InChI is InChI=1S/C14H8F2N/c15-11-6-4-9(5-7-11)13-8-10-2-1-3-12(16)14(10)17-13/h2-8,17H. The molecule has 0 unspecified atom stereocenters. The third-order valence-corrected chi connectivity index (χ3v) is 2.69. The van der Waals surface area contributed by atoms with E-state index in [1.54, 1.807) is 18.2 Å². The zero-order valence-electron chi connectivity index (χ0n) is 8.80. The van der Waals surface area contributed by atoms with Crippen LogP contribution in [0.2, 0.25) is 0 Å². The first-order valence-corrected chi connectivity index (χ1v) is 5.18. The maximum atomic E-state index is 13.5. The van der Waals surface area contributed by atoms with Crippen molar-refractivity contribution in [2.45, 2.75) is 0 Å². The summed E-state index contributed by atoms with van der Waals surface area (Å²) in [4.78, 5) is 2.98. The van der Waals surface area contributed by atoms with Crippen molar-refractivity contribution >= 4 is 10.9 Å². The summed E-state index contributed by atoms with van der Waals surface area (Å²) in [6.45, 7) is 0. The average molecular weight is 228 g/mol. The first-order chi connectivity index (χ1) is 8.24. The third-order valence-electron chi connectivity index (χ3n) is 2.69. The van der Waals surface area contributed by atoms with Crippen LogP contribution in [0, 0.1) is 17.7 Å². The van der Waals surface area contributed by atoms with Crippen LogP contribution in [0.5, 0.6) is 0 Å². The van der Waals surface area contributed by atoms with Gasteiger partial charge >= 0.3 is 0 Å². The van der Waals surface area contributed by atoms with Gasteiger partial charge < -0.3 is 4.98 Å². The molecule has 1 radical (unpaired) electrons. The fourth-order valence-electron chi connectivity index (χ4n) is 1.84. The molecule has 3 rings (SSSR count). The summed E-state index contributed by atoms with van der Waals surface area (Å²) in [5, 5.41) is 0.754. The Morgan fingerprint density at radius 1 is 1.00 bits per heavy atom. The highest BCUT2D eigenvalue weighted by molar-refractivity contribution is 5.86. The molecule has 3 heteroatoms. The Bertz CT molecular complexity index is 668. The fourth-order valence-corrected chi connectivity index (χ4v) is 1.84. The van der Waals surface area contributed by atoms with Crippen LogP contribution in [-0.2, 0) is 0 Å². The highest BCUT2D eigenvalue weighted by Crippen LogP contribution is 2.25. The van der Waals surface area contributed by atoms with Crippen molar-refractivity contribution in [3.05, 3.63) is 60.2 Å². The Balaban J connectivity index is 2.18. The molecule has 3 aromatic rings. The van der Waals surface area contributed by atoms with E-state index < -0.39 is 0 Å². The third kappa shape index (κ3) is 1.69. The van der Waals surface area contributed by atoms with Crippen LogP contribution in [0.3, 0.4) is 0 Å². The Labute approximate surface area is 96.7 Å². The molecule has 1 nitrogen and oxygen atoms in total. The lowest BCUT2D eigenvalue weighted by atomic mass is 10.1. The molecule has 1 N–H and O–H groups in total. The largest absolute Gasteiger partial charge is 0.352 e. The molecular formula is C14H8F2N. The second-order valence-corrected chi connectivity index (χ2v) is 3.82. The molecular weight excluding hydrogens is 220 g/mol. The van der Waals surface area contributed by atoms with Gasteiger partial charge in [-0.3, -0.25) is 0 Å². The molecule has 0 bridgehead atoms. The number of aromatic nitrogens is 1. The molecule has 0 saturated heterocycles. The van der Waals surface area contributed by atoms with Gasteiger partial charge in [0.1, 0.15) is 11.6 Å². The Morgan fingerprint density at radius 2 is 1.76 bits per heavy atom. The molecule has 0 aliphatic heterocycles. The summed E-state index contributed by atoms with van der Waals surface area (Å²) >= 11 is 0. The quantitative estimate of drug-likeness (QED) is 0.649. The number of halogens is 2. The van der Waals surface area contributed by atoms with E-state index in [-0.39, 0.29) is 11.6 Å². The first-order valence-electron chi connectivity index (χ1n) is 5.18. The Kier molecular flexibility index (Phi) is 2.18. The topological polar surface area (TPSA) is 15.8 Å². The van der Waals surface area contributed by atoms with E-state index in [9.17, 15) is 8.78 Å². The maximum Gasteiger partial charge on any atom is 0.147 e. The van der Waals surface area contributed by atoms with Crippen LogP contribution in [0.4, 0.5) is 8.78 Å². The molecule has 0 aliphatic carbocycles. The predicted molar refractivity (Wildman–Crippen MR) is 62.5 cm³/mol. The number of rotatable bonds is 1. The molecule has 2 aromatic carbocycles. The number of aromatic amines is 1. The van der Waals surface area contributed by atoms with Crippen molar-refractivity contribution in [3.8, 4) is 11.3 Å². The minimum Gasteiger partial charge on any atom is -0.352 e. The summed E-state index contributed by atoms with van der Waals surface area (Å²) in [6, 6.07) is 13.6. The maximum absolute atomic E-state index is 13.5. The minimum atomic E-state index is -0.337. The van der Waals surface area contributed by atoms with Crippen LogP contribution >= 0.6 is 0 Å². The van der Waals surface area contributed by atoms with Gasteiger partial charge in [-0.2, -0.15) is 0 Å². The van der Waals surface area contributed by atoms with E-state index in [1.165, 1.54) is 18.2 Å². The SMILES string of the molecule is Fc1ccc(-c2cc3c[c]cc(F)c3[nH]2)cc1. The van der Waals surface area contributed by atoms with Crippen LogP contribution in [-0.4, -0.2) is 4.98 Å². The first kappa shape index (κ1) is 10.0. The van der Waals surface area contributed by atoms with Gasteiger partial charge in [-0.25, -0.2) is 8.78 Å². The van der Waals surface area contributed by atoms with Gasteiger partial charge in [0.2, 0.25) is 0 Å². The van der Waals surface area contributed by atoms with Crippen LogP contribution < -0.4 is 0 Å². The normalized spacial score (nSPS) is 10.9. The number of nitrogens with one attached hydrogen (secondary N) is 1. The lowest BCUT2D eigenvalue weighted by molar-refractivity contribution is 0.628. The Hall–Kier alpha value is -2.16. The van der Waals surface area contributed by atoms with Crippen LogP contribution in [0.1, 0.15) is 0 Å². The number of hydrogen-bond donors (Lipinski definition) is 1. The second kappa shape index (κ2) is 3.70. The number of H-pyrrole nitrogens is 1. The van der Waals surface area contributed by atoms with Crippen molar-refractivity contribution < 1.29 is 8.78 Å². The molecule has 83 valence electrons. The highest BCUT2D eigenvalue weighted by Gasteiger charge is 2.06. The van der Waals surface area contributed by atoms with Gasteiger partial charge in [0, 0.05) is 11.1 Å². The predicted octanol–water partition coefficient (Wildman–Crippen LogP) is 3.91. The minimum absolute atomic E-state index is 0.288. The smallest absolute Gasteiger partial charge is 0.147 e. The van der Waals surface area contributed by atoms with Gasteiger partial charge in [0.25, 0.3) is 0 Å². The number of hydrogen-bond acceptors (Lipinski definition) is 0. The zero-order valence-corrected chi connectivity index (χ0v) is 8.80. The van der Waals surface area contributed by atoms with Crippen LogP contribution in [0.15, 0.2) is 42.5 Å². The van der Waals surface area contributed by atoms with E-state index in [2.05, 4.69) is 11.1 Å². The molecule has 0 spiro atoms. The summed E-state index contributed by atoms with van der Waals surface area (Å²) in [5.41, 5.74) is 2.03. The fraction of sp³-hybridized carbons (Fsp3) is 0. The number of benzene rings is 2. The van der Waals surface area contributed by atoms with Crippen molar-refractivity contribution in [3.63, 3.8) is 0 Å².